The molecule has 3 heterocycles. The Labute approximate surface area is 153 Å². The molecule has 0 unspecified atom stereocenters. The van der Waals surface area contributed by atoms with Crippen LogP contribution in [0.2, 0.25) is 0 Å². The number of hydrogen-bond acceptors (Lipinski definition) is 9. The maximum absolute atomic E-state index is 5.09. The van der Waals surface area contributed by atoms with E-state index in [-0.39, 0.29) is 0 Å². The van der Waals surface area contributed by atoms with E-state index in [4.69, 9.17) is 9.37 Å². The first-order valence-electron chi connectivity index (χ1n) is 9.38. The molecule has 9 heteroatoms. The minimum absolute atomic E-state index is 0.411. The lowest BCUT2D eigenvalue weighted by atomic mass is 9.97. The molecule has 1 saturated heterocycles. The third-order valence-electron chi connectivity index (χ3n) is 4.77. The first-order valence-corrected chi connectivity index (χ1v) is 9.38. The number of nitrogens with one attached hydrogen (secondary N) is 2. The van der Waals surface area contributed by atoms with Crippen molar-refractivity contribution in [3.8, 4) is 0 Å². The Hall–Kier alpha value is -2.00. The summed E-state index contributed by atoms with van der Waals surface area (Å²) in [5.41, 5.74) is 0.829. The number of anilines is 2. The van der Waals surface area contributed by atoms with Gasteiger partial charge in [-0.2, -0.15) is 0 Å². The Morgan fingerprint density at radius 3 is 2.62 bits per heavy atom. The van der Waals surface area contributed by atoms with Gasteiger partial charge < -0.3 is 20.3 Å². The molecule has 9 nitrogen and oxygen atoms in total. The van der Waals surface area contributed by atoms with Crippen molar-refractivity contribution in [2.45, 2.75) is 39.2 Å². The summed E-state index contributed by atoms with van der Waals surface area (Å²) in [6.07, 6.45) is 3.36. The summed E-state index contributed by atoms with van der Waals surface area (Å²) in [5, 5.41) is 14.4. The highest BCUT2D eigenvalue weighted by molar-refractivity contribution is 5.73. The lowest BCUT2D eigenvalue weighted by molar-refractivity contribution is 0.145. The van der Waals surface area contributed by atoms with E-state index in [0.717, 1.165) is 26.1 Å². The monoisotopic (exact) mass is 363 g/mol. The van der Waals surface area contributed by atoms with Crippen molar-refractivity contribution >= 4 is 22.9 Å². The van der Waals surface area contributed by atoms with Crippen LogP contribution in [-0.2, 0) is 4.74 Å². The molecule has 26 heavy (non-hydrogen) atoms. The average Bonchev–Trinajstić information content (AvgIpc) is 3.10. The van der Waals surface area contributed by atoms with Gasteiger partial charge in [-0.15, -0.1) is 0 Å². The summed E-state index contributed by atoms with van der Waals surface area (Å²) in [6, 6.07) is 0.591. The molecule has 0 bridgehead atoms. The highest BCUT2D eigenvalue weighted by atomic mass is 16.6. The number of ether oxygens (including phenoxy) is 1. The van der Waals surface area contributed by atoms with Crippen molar-refractivity contribution in [1.82, 2.24) is 25.2 Å². The van der Waals surface area contributed by atoms with Crippen LogP contribution in [0.5, 0.6) is 0 Å². The molecule has 1 fully saturated rings. The molecule has 0 amide bonds. The van der Waals surface area contributed by atoms with Crippen LogP contribution in [0.15, 0.2) is 4.63 Å². The first kappa shape index (κ1) is 18.8. The SMILES string of the molecule is COCCCNc1nc2nonc2nc1NC[C@H]1CCCN(C(C)C)C1. The first-order chi connectivity index (χ1) is 12.7. The Balaban J connectivity index is 1.65. The third-order valence-corrected chi connectivity index (χ3v) is 4.77. The van der Waals surface area contributed by atoms with Crippen molar-refractivity contribution in [2.75, 3.05) is 50.5 Å². The fourth-order valence-corrected chi connectivity index (χ4v) is 3.28. The minimum atomic E-state index is 0.411. The summed E-state index contributed by atoms with van der Waals surface area (Å²) >= 11 is 0. The van der Waals surface area contributed by atoms with Gasteiger partial charge in [-0.3, -0.25) is 0 Å². The van der Waals surface area contributed by atoms with E-state index in [1.54, 1.807) is 7.11 Å². The molecule has 144 valence electrons. The number of fused-ring (bicyclic) bond motifs is 1. The smallest absolute Gasteiger partial charge is 0.245 e. The molecule has 0 aromatic carbocycles. The Morgan fingerprint density at radius 1 is 1.19 bits per heavy atom. The molecule has 2 aromatic rings. The topological polar surface area (TPSA) is 101 Å². The van der Waals surface area contributed by atoms with Crippen molar-refractivity contribution in [2.24, 2.45) is 5.92 Å². The molecular weight excluding hydrogens is 334 g/mol. The molecule has 1 aliphatic heterocycles. The quantitative estimate of drug-likeness (QED) is 0.648. The summed E-state index contributed by atoms with van der Waals surface area (Å²) in [7, 11) is 1.70. The summed E-state index contributed by atoms with van der Waals surface area (Å²) in [5.74, 6) is 1.98. The average molecular weight is 363 g/mol. The second kappa shape index (κ2) is 9.09. The molecular formula is C17H29N7O2. The molecule has 1 atom stereocenters. The number of piperidine rings is 1. The van der Waals surface area contributed by atoms with Crippen molar-refractivity contribution in [3.63, 3.8) is 0 Å². The van der Waals surface area contributed by atoms with Gasteiger partial charge in [0.2, 0.25) is 11.3 Å². The van der Waals surface area contributed by atoms with Crippen LogP contribution in [-0.4, -0.2) is 71.1 Å². The summed E-state index contributed by atoms with van der Waals surface area (Å²) < 4.78 is 9.84. The predicted octanol–water partition coefficient (Wildman–Crippen LogP) is 1.99. The minimum Gasteiger partial charge on any atom is -0.385 e. The normalized spacial score (nSPS) is 18.5. The van der Waals surface area contributed by atoms with E-state index in [2.05, 4.69) is 49.7 Å². The number of nitrogens with zero attached hydrogens (tertiary/aromatic N) is 5. The number of hydrogen-bond donors (Lipinski definition) is 2. The standard InChI is InChI=1S/C17H29N7O2/c1-12(2)24-8-4-6-13(11-24)10-19-15-14(18-7-5-9-25-3)20-16-17(21-15)23-26-22-16/h12-13H,4-11H2,1-3H3,(H,18,20,22)(H,19,21,23)/t13-/m1/s1. The van der Waals surface area contributed by atoms with Crippen LogP contribution in [0, 0.1) is 5.92 Å². The van der Waals surface area contributed by atoms with Crippen molar-refractivity contribution < 1.29 is 9.37 Å². The molecule has 2 N–H and O–H groups in total. The van der Waals surface area contributed by atoms with E-state index < -0.39 is 0 Å². The van der Waals surface area contributed by atoms with Crippen molar-refractivity contribution in [3.05, 3.63) is 0 Å². The zero-order chi connectivity index (χ0) is 18.4. The molecule has 0 saturated carbocycles. The second-order valence-electron chi connectivity index (χ2n) is 7.08. The van der Waals surface area contributed by atoms with Crippen LogP contribution in [0.1, 0.15) is 33.1 Å². The van der Waals surface area contributed by atoms with Gasteiger partial charge in [0.05, 0.1) is 0 Å². The fraction of sp³-hybridized carbons (Fsp3) is 0.765. The molecule has 0 radical (unpaired) electrons. The fourth-order valence-electron chi connectivity index (χ4n) is 3.28. The number of aromatic nitrogens is 4. The van der Waals surface area contributed by atoms with E-state index in [9.17, 15) is 0 Å². The highest BCUT2D eigenvalue weighted by Gasteiger charge is 2.22. The van der Waals surface area contributed by atoms with Gasteiger partial charge in [-0.25, -0.2) is 14.6 Å². The maximum Gasteiger partial charge on any atom is 0.245 e. The summed E-state index contributed by atoms with van der Waals surface area (Å²) in [6.45, 7) is 9.13. The van der Waals surface area contributed by atoms with Gasteiger partial charge in [0.25, 0.3) is 0 Å². The highest BCUT2D eigenvalue weighted by Crippen LogP contribution is 2.22. The second-order valence-corrected chi connectivity index (χ2v) is 7.08. The van der Waals surface area contributed by atoms with Gasteiger partial charge in [0.1, 0.15) is 0 Å². The lowest BCUT2D eigenvalue weighted by Crippen LogP contribution is -2.41. The zero-order valence-corrected chi connectivity index (χ0v) is 15.9. The number of methoxy groups -OCH3 is 1. The maximum atomic E-state index is 5.09. The van der Waals surface area contributed by atoms with E-state index in [0.29, 0.717) is 41.5 Å². The Morgan fingerprint density at radius 2 is 1.92 bits per heavy atom. The molecule has 2 aromatic heterocycles. The third kappa shape index (κ3) is 4.79. The Kier molecular flexibility index (Phi) is 6.56. The molecule has 1 aliphatic rings. The van der Waals surface area contributed by atoms with Crippen LogP contribution < -0.4 is 10.6 Å². The van der Waals surface area contributed by atoms with Crippen LogP contribution >= 0.6 is 0 Å². The van der Waals surface area contributed by atoms with Crippen LogP contribution in [0.25, 0.3) is 11.3 Å². The van der Waals surface area contributed by atoms with Crippen molar-refractivity contribution in [1.29, 1.82) is 0 Å². The molecule has 0 aliphatic carbocycles. The van der Waals surface area contributed by atoms with Gasteiger partial charge >= 0.3 is 0 Å². The predicted molar refractivity (Wildman–Crippen MR) is 100 cm³/mol. The van der Waals surface area contributed by atoms with Crippen LogP contribution in [0.4, 0.5) is 11.6 Å². The van der Waals surface area contributed by atoms with Gasteiger partial charge in [-0.1, -0.05) is 0 Å². The molecule has 0 spiro atoms. The Bertz CT molecular complexity index is 691. The van der Waals surface area contributed by atoms with E-state index >= 15 is 0 Å². The van der Waals surface area contributed by atoms with Crippen LogP contribution in [0.3, 0.4) is 0 Å². The number of rotatable bonds is 9. The largest absolute Gasteiger partial charge is 0.385 e. The van der Waals surface area contributed by atoms with Gasteiger partial charge in [0.15, 0.2) is 11.6 Å². The van der Waals surface area contributed by atoms with E-state index in [1.165, 1.54) is 19.4 Å². The lowest BCUT2D eigenvalue weighted by Gasteiger charge is -2.35. The zero-order valence-electron chi connectivity index (χ0n) is 15.9. The number of likely N-dealkylation sites (tertiary alicyclic amines) is 1. The van der Waals surface area contributed by atoms with Gasteiger partial charge in [-0.05, 0) is 55.9 Å². The summed E-state index contributed by atoms with van der Waals surface area (Å²) in [4.78, 5) is 11.5. The molecule has 3 rings (SSSR count). The van der Waals surface area contributed by atoms with Gasteiger partial charge in [0, 0.05) is 39.4 Å². The van der Waals surface area contributed by atoms with E-state index in [1.807, 2.05) is 0 Å².